The van der Waals surface area contributed by atoms with Crippen molar-refractivity contribution in [2.24, 2.45) is 0 Å². The van der Waals surface area contributed by atoms with Crippen molar-refractivity contribution in [1.82, 2.24) is 24.8 Å². The van der Waals surface area contributed by atoms with Crippen LogP contribution in [0.5, 0.6) is 0 Å². The van der Waals surface area contributed by atoms with Gasteiger partial charge in [-0.1, -0.05) is 6.07 Å². The van der Waals surface area contributed by atoms with Crippen molar-refractivity contribution in [2.75, 3.05) is 18.0 Å². The number of benzene rings is 1. The summed E-state index contributed by atoms with van der Waals surface area (Å²) in [5, 5.41) is 13.7. The zero-order chi connectivity index (χ0) is 18.7. The Morgan fingerprint density at radius 1 is 1.04 bits per heavy atom. The Balaban J connectivity index is 1.43. The molecule has 142 valence electrons. The lowest BCUT2D eigenvalue weighted by Gasteiger charge is -2.29. The van der Waals surface area contributed by atoms with Gasteiger partial charge < -0.3 is 4.90 Å². The molecule has 6 rings (SSSR count). The number of aromatic nitrogens is 5. The van der Waals surface area contributed by atoms with Crippen molar-refractivity contribution in [2.45, 2.75) is 37.8 Å². The number of alkyl halides is 1. The van der Waals surface area contributed by atoms with Crippen LogP contribution in [0.25, 0.3) is 27.8 Å². The summed E-state index contributed by atoms with van der Waals surface area (Å²) in [5.41, 5.74) is 5.10. The summed E-state index contributed by atoms with van der Waals surface area (Å²) >= 11 is 0. The van der Waals surface area contributed by atoms with Gasteiger partial charge in [0.1, 0.15) is 12.0 Å². The van der Waals surface area contributed by atoms with Crippen LogP contribution in [0.4, 0.5) is 10.2 Å². The number of nitrogens with zero attached hydrogens (tertiary/aromatic N) is 5. The third kappa shape index (κ3) is 2.57. The fourth-order valence-electron chi connectivity index (χ4n) is 4.17. The van der Waals surface area contributed by atoms with Gasteiger partial charge in [-0.2, -0.15) is 5.10 Å². The summed E-state index contributed by atoms with van der Waals surface area (Å²) in [4.78, 5) is 6.69. The summed E-state index contributed by atoms with van der Waals surface area (Å²) < 4.78 is 15.4. The third-order valence-corrected chi connectivity index (χ3v) is 5.95. The van der Waals surface area contributed by atoms with Crippen LogP contribution in [0, 0.1) is 0 Å². The van der Waals surface area contributed by atoms with E-state index in [0.29, 0.717) is 31.8 Å². The van der Waals surface area contributed by atoms with Crippen LogP contribution >= 0.6 is 0 Å². The first-order valence-corrected chi connectivity index (χ1v) is 9.98. The molecular weight excluding hydrogens is 355 g/mol. The molecule has 6 nitrogen and oxygen atoms in total. The highest BCUT2D eigenvalue weighted by Gasteiger charge is 2.28. The number of H-pyrrole nitrogens is 1. The third-order valence-electron chi connectivity index (χ3n) is 5.95. The van der Waals surface area contributed by atoms with Gasteiger partial charge in [0.25, 0.3) is 0 Å². The Labute approximate surface area is 161 Å². The highest BCUT2D eigenvalue weighted by molar-refractivity contribution is 5.87. The molecule has 7 heteroatoms. The van der Waals surface area contributed by atoms with Crippen LogP contribution in [0.3, 0.4) is 0 Å². The first kappa shape index (κ1) is 16.0. The van der Waals surface area contributed by atoms with Crippen LogP contribution in [0.2, 0.25) is 0 Å². The molecule has 2 aliphatic rings. The molecule has 3 aromatic heterocycles. The normalized spacial score (nSPS) is 18.4. The molecule has 28 heavy (non-hydrogen) atoms. The SMILES string of the molecule is FC1CCN(c2ccc3ncc(-c4ccc5[nH]nc(C6CC6)c5c4)n3n2)CC1. The average molecular weight is 376 g/mol. The first-order valence-electron chi connectivity index (χ1n) is 9.98. The molecule has 1 N–H and O–H groups in total. The highest BCUT2D eigenvalue weighted by Crippen LogP contribution is 2.42. The van der Waals surface area contributed by atoms with E-state index in [1.807, 2.05) is 22.8 Å². The monoisotopic (exact) mass is 376 g/mol. The lowest BCUT2D eigenvalue weighted by molar-refractivity contribution is 0.276. The summed E-state index contributed by atoms with van der Waals surface area (Å²) in [6.07, 6.45) is 4.76. The largest absolute Gasteiger partial charge is 0.355 e. The molecule has 1 aliphatic heterocycles. The smallest absolute Gasteiger partial charge is 0.154 e. The van der Waals surface area contributed by atoms with E-state index in [9.17, 15) is 4.39 Å². The number of aromatic amines is 1. The molecule has 2 fully saturated rings. The van der Waals surface area contributed by atoms with Crippen molar-refractivity contribution < 1.29 is 4.39 Å². The number of anilines is 1. The molecule has 1 saturated heterocycles. The van der Waals surface area contributed by atoms with E-state index in [1.54, 1.807) is 0 Å². The zero-order valence-electron chi connectivity index (χ0n) is 15.5. The molecule has 1 aliphatic carbocycles. The number of hydrogen-bond donors (Lipinski definition) is 1. The molecule has 4 aromatic rings. The van der Waals surface area contributed by atoms with E-state index in [-0.39, 0.29) is 0 Å². The maximum absolute atomic E-state index is 13.5. The van der Waals surface area contributed by atoms with Gasteiger partial charge in [0.15, 0.2) is 5.65 Å². The molecule has 0 bridgehead atoms. The van der Waals surface area contributed by atoms with Crippen LogP contribution in [-0.4, -0.2) is 44.1 Å². The fraction of sp³-hybridized carbons (Fsp3) is 0.381. The van der Waals surface area contributed by atoms with Crippen molar-refractivity contribution in [3.8, 4) is 11.3 Å². The summed E-state index contributed by atoms with van der Waals surface area (Å²) in [6.45, 7) is 1.41. The minimum absolute atomic E-state index is 0.567. The predicted molar refractivity (Wildman–Crippen MR) is 106 cm³/mol. The number of nitrogens with one attached hydrogen (secondary N) is 1. The van der Waals surface area contributed by atoms with Gasteiger partial charge in [0, 0.05) is 30.0 Å². The van der Waals surface area contributed by atoms with E-state index in [1.165, 1.54) is 23.9 Å². The average Bonchev–Trinajstić information content (AvgIpc) is 3.34. The van der Waals surface area contributed by atoms with Crippen molar-refractivity contribution in [3.63, 3.8) is 0 Å². The predicted octanol–water partition coefficient (Wildman–Crippen LogP) is 4.09. The Kier molecular flexibility index (Phi) is 3.45. The van der Waals surface area contributed by atoms with Crippen LogP contribution < -0.4 is 4.90 Å². The van der Waals surface area contributed by atoms with Gasteiger partial charge in [0.2, 0.25) is 0 Å². The number of piperidine rings is 1. The highest BCUT2D eigenvalue weighted by atomic mass is 19.1. The van der Waals surface area contributed by atoms with Gasteiger partial charge in [0.05, 0.1) is 23.1 Å². The van der Waals surface area contributed by atoms with Crippen LogP contribution in [-0.2, 0) is 0 Å². The Morgan fingerprint density at radius 2 is 1.89 bits per heavy atom. The Bertz CT molecular complexity index is 1170. The second-order valence-electron chi connectivity index (χ2n) is 7.91. The number of fused-ring (bicyclic) bond motifs is 2. The van der Waals surface area contributed by atoms with Crippen molar-refractivity contribution in [1.29, 1.82) is 0 Å². The van der Waals surface area contributed by atoms with Gasteiger partial charge in [-0.15, -0.1) is 5.10 Å². The van der Waals surface area contributed by atoms with E-state index in [4.69, 9.17) is 5.10 Å². The minimum Gasteiger partial charge on any atom is -0.355 e. The minimum atomic E-state index is -0.689. The maximum Gasteiger partial charge on any atom is 0.154 e. The zero-order valence-corrected chi connectivity index (χ0v) is 15.5. The number of rotatable bonds is 3. The van der Waals surface area contributed by atoms with E-state index in [2.05, 4.69) is 38.3 Å². The number of imidazole rings is 1. The molecule has 0 spiro atoms. The van der Waals surface area contributed by atoms with Crippen LogP contribution in [0.15, 0.2) is 36.5 Å². The molecule has 1 aromatic carbocycles. The summed E-state index contributed by atoms with van der Waals surface area (Å²) in [6, 6.07) is 10.3. The quantitative estimate of drug-likeness (QED) is 0.585. The van der Waals surface area contributed by atoms with Gasteiger partial charge in [-0.3, -0.25) is 5.10 Å². The molecular formula is C21H21FN6. The lowest BCUT2D eigenvalue weighted by atomic mass is 10.1. The first-order chi connectivity index (χ1) is 13.8. The van der Waals surface area contributed by atoms with E-state index < -0.39 is 6.17 Å². The fourth-order valence-corrected chi connectivity index (χ4v) is 4.17. The van der Waals surface area contributed by atoms with Gasteiger partial charge in [-0.25, -0.2) is 13.9 Å². The second-order valence-corrected chi connectivity index (χ2v) is 7.91. The molecule has 0 radical (unpaired) electrons. The van der Waals surface area contributed by atoms with Crippen LogP contribution in [0.1, 0.15) is 37.3 Å². The maximum atomic E-state index is 13.5. The van der Waals surface area contributed by atoms with E-state index in [0.717, 1.165) is 28.2 Å². The van der Waals surface area contributed by atoms with Gasteiger partial charge >= 0.3 is 0 Å². The molecule has 4 heterocycles. The topological polar surface area (TPSA) is 62.1 Å². The standard InChI is InChI=1S/C21H21FN6/c22-15-7-9-27(10-8-15)20-6-5-19-23-12-18(28(19)26-20)14-3-4-17-16(11-14)21(25-24-17)13-1-2-13/h3-6,11-13,15H,1-2,7-10H2,(H,24,25). The molecule has 0 atom stereocenters. The number of hydrogen-bond acceptors (Lipinski definition) is 4. The van der Waals surface area contributed by atoms with Crippen molar-refractivity contribution in [3.05, 3.63) is 42.2 Å². The summed E-state index contributed by atoms with van der Waals surface area (Å²) in [7, 11) is 0. The Hall–Kier alpha value is -2.96. The van der Waals surface area contributed by atoms with Gasteiger partial charge in [-0.05, 0) is 49.9 Å². The molecule has 0 amide bonds. The Morgan fingerprint density at radius 3 is 2.71 bits per heavy atom. The second kappa shape index (κ2) is 6.02. The molecule has 1 saturated carbocycles. The number of halogens is 1. The lowest BCUT2D eigenvalue weighted by Crippen LogP contribution is -2.35. The molecule has 0 unspecified atom stereocenters. The van der Waals surface area contributed by atoms with E-state index >= 15 is 0 Å². The summed E-state index contributed by atoms with van der Waals surface area (Å²) in [5.74, 6) is 1.47. The van der Waals surface area contributed by atoms with Crippen molar-refractivity contribution >= 4 is 22.4 Å².